The van der Waals surface area contributed by atoms with E-state index in [2.05, 4.69) is 22.1 Å². The van der Waals surface area contributed by atoms with E-state index < -0.39 is 0 Å². The summed E-state index contributed by atoms with van der Waals surface area (Å²) in [5, 5.41) is 11.8. The summed E-state index contributed by atoms with van der Waals surface area (Å²) in [5.41, 5.74) is 0.796. The fraction of sp³-hybridized carbons (Fsp3) is 0.267. The molecule has 2 aromatic rings. The van der Waals surface area contributed by atoms with Crippen LogP contribution in [0.25, 0.3) is 11.4 Å². The van der Waals surface area contributed by atoms with Crippen LogP contribution in [0, 0.1) is 5.82 Å². The Labute approximate surface area is 132 Å². The monoisotopic (exact) mass is 320 g/mol. The first-order valence-electron chi connectivity index (χ1n) is 6.79. The van der Waals surface area contributed by atoms with Crippen molar-refractivity contribution < 1.29 is 9.18 Å². The highest BCUT2D eigenvalue weighted by Gasteiger charge is 2.13. The van der Waals surface area contributed by atoms with Crippen molar-refractivity contribution in [3.05, 3.63) is 42.7 Å². The topological polar surface area (TPSA) is 59.8 Å². The molecule has 0 radical (unpaired) electrons. The van der Waals surface area contributed by atoms with Gasteiger partial charge in [0.15, 0.2) is 11.0 Å². The molecular formula is C15H17FN4OS. The van der Waals surface area contributed by atoms with E-state index in [1.54, 1.807) is 18.2 Å². The maximum Gasteiger partial charge on any atom is 0.216 e. The minimum Gasteiger partial charge on any atom is -0.356 e. The summed E-state index contributed by atoms with van der Waals surface area (Å²) >= 11 is 1.50. The third kappa shape index (κ3) is 4.17. The summed E-state index contributed by atoms with van der Waals surface area (Å²) in [6.45, 7) is 6.35. The number of thioether (sulfide) groups is 1. The van der Waals surface area contributed by atoms with Gasteiger partial charge < -0.3 is 5.32 Å². The lowest BCUT2D eigenvalue weighted by atomic mass is 10.2. The van der Waals surface area contributed by atoms with Crippen molar-refractivity contribution in [3.8, 4) is 11.4 Å². The van der Waals surface area contributed by atoms with Crippen LogP contribution in [0.3, 0.4) is 0 Å². The number of carbonyl (C=O) groups excluding carboxylic acids is 1. The van der Waals surface area contributed by atoms with Gasteiger partial charge in [0.05, 0.1) is 0 Å². The number of aromatic nitrogens is 3. The molecule has 0 atom stereocenters. The predicted octanol–water partition coefficient (Wildman–Crippen LogP) is 2.50. The van der Waals surface area contributed by atoms with Crippen molar-refractivity contribution in [2.45, 2.75) is 18.6 Å². The zero-order chi connectivity index (χ0) is 15.9. The number of hydrogen-bond donors (Lipinski definition) is 1. The molecule has 0 aliphatic carbocycles. The molecule has 1 aromatic carbocycles. The zero-order valence-electron chi connectivity index (χ0n) is 12.3. The van der Waals surface area contributed by atoms with Crippen LogP contribution in [0.4, 0.5) is 4.39 Å². The second-order valence-corrected chi connectivity index (χ2v) is 5.61. The van der Waals surface area contributed by atoms with Crippen molar-refractivity contribution in [2.24, 2.45) is 0 Å². The van der Waals surface area contributed by atoms with Crippen LogP contribution in [-0.4, -0.2) is 33.0 Å². The number of amides is 1. The third-order valence-electron chi connectivity index (χ3n) is 2.84. The molecule has 1 N–H and O–H groups in total. The molecule has 7 heteroatoms. The number of halogens is 1. The Balaban J connectivity index is 2.16. The molecule has 0 saturated carbocycles. The van der Waals surface area contributed by atoms with Crippen molar-refractivity contribution in [3.63, 3.8) is 0 Å². The van der Waals surface area contributed by atoms with Crippen molar-refractivity contribution in [1.82, 2.24) is 20.1 Å². The molecule has 22 heavy (non-hydrogen) atoms. The quantitative estimate of drug-likeness (QED) is 0.484. The minimum atomic E-state index is -0.288. The second kappa shape index (κ2) is 7.74. The molecule has 0 aliphatic rings. The van der Waals surface area contributed by atoms with Crippen LogP contribution < -0.4 is 5.32 Å². The summed E-state index contributed by atoms with van der Waals surface area (Å²) < 4.78 is 14.9. The molecule has 5 nitrogen and oxygen atoms in total. The fourth-order valence-corrected chi connectivity index (χ4v) is 2.67. The highest BCUT2D eigenvalue weighted by molar-refractivity contribution is 7.99. The molecule has 0 bridgehead atoms. The Kier molecular flexibility index (Phi) is 5.71. The van der Waals surface area contributed by atoms with E-state index in [1.165, 1.54) is 30.8 Å². The van der Waals surface area contributed by atoms with E-state index >= 15 is 0 Å². The number of benzene rings is 1. The van der Waals surface area contributed by atoms with Gasteiger partial charge >= 0.3 is 0 Å². The molecule has 0 unspecified atom stereocenters. The Morgan fingerprint density at radius 3 is 2.77 bits per heavy atom. The predicted molar refractivity (Wildman–Crippen MR) is 85.0 cm³/mol. The molecule has 0 spiro atoms. The molecule has 1 heterocycles. The molecule has 0 fully saturated rings. The van der Waals surface area contributed by atoms with Gasteiger partial charge in [-0.05, 0) is 24.3 Å². The lowest BCUT2D eigenvalue weighted by molar-refractivity contribution is -0.118. The normalized spacial score (nSPS) is 10.5. The third-order valence-corrected chi connectivity index (χ3v) is 3.81. The van der Waals surface area contributed by atoms with E-state index in [0.717, 1.165) is 10.7 Å². The van der Waals surface area contributed by atoms with E-state index in [4.69, 9.17) is 0 Å². The van der Waals surface area contributed by atoms with Crippen molar-refractivity contribution in [1.29, 1.82) is 0 Å². The van der Waals surface area contributed by atoms with E-state index in [1.807, 2.05) is 4.57 Å². The van der Waals surface area contributed by atoms with Crippen LogP contribution in [0.2, 0.25) is 0 Å². The molecule has 0 saturated heterocycles. The van der Waals surface area contributed by atoms with Crippen LogP contribution in [-0.2, 0) is 11.3 Å². The zero-order valence-corrected chi connectivity index (χ0v) is 13.1. The standard InChI is InChI=1S/C15H17FN4OS/c1-3-9-20-14(12-4-6-13(16)7-5-12)18-19-15(20)22-10-8-17-11(2)21/h3-7H,1,8-10H2,2H3,(H,17,21). The Morgan fingerprint density at radius 1 is 1.41 bits per heavy atom. The minimum absolute atomic E-state index is 0.0554. The van der Waals surface area contributed by atoms with Gasteiger partial charge in [0.1, 0.15) is 5.82 Å². The van der Waals surface area contributed by atoms with Crippen molar-refractivity contribution in [2.75, 3.05) is 12.3 Å². The number of nitrogens with one attached hydrogen (secondary N) is 1. The molecule has 1 amide bonds. The first-order chi connectivity index (χ1) is 10.6. The summed E-state index contributed by atoms with van der Waals surface area (Å²) in [5.74, 6) is 1.02. The van der Waals surface area contributed by atoms with Gasteiger partial charge in [-0.3, -0.25) is 9.36 Å². The molecule has 116 valence electrons. The number of allylic oxidation sites excluding steroid dienone is 1. The highest BCUT2D eigenvalue weighted by atomic mass is 32.2. The number of hydrogen-bond acceptors (Lipinski definition) is 4. The maximum atomic E-state index is 13.0. The van der Waals surface area contributed by atoms with E-state index in [9.17, 15) is 9.18 Å². The summed E-state index contributed by atoms with van der Waals surface area (Å²) in [7, 11) is 0. The van der Waals surface area contributed by atoms with Gasteiger partial charge in [0.25, 0.3) is 0 Å². The smallest absolute Gasteiger partial charge is 0.216 e. The van der Waals surface area contributed by atoms with Crippen LogP contribution >= 0.6 is 11.8 Å². The van der Waals surface area contributed by atoms with E-state index in [-0.39, 0.29) is 11.7 Å². The van der Waals surface area contributed by atoms with Gasteiger partial charge in [-0.15, -0.1) is 16.8 Å². The summed E-state index contributed by atoms with van der Waals surface area (Å²) in [4.78, 5) is 10.8. The van der Waals surface area contributed by atoms with Crippen LogP contribution in [0.15, 0.2) is 42.1 Å². The van der Waals surface area contributed by atoms with Gasteiger partial charge in [-0.2, -0.15) is 0 Å². The van der Waals surface area contributed by atoms with Gasteiger partial charge in [-0.25, -0.2) is 4.39 Å². The largest absolute Gasteiger partial charge is 0.356 e. The van der Waals surface area contributed by atoms with Gasteiger partial charge in [0, 0.05) is 31.3 Å². The Bertz CT molecular complexity index is 654. The number of rotatable bonds is 7. The van der Waals surface area contributed by atoms with E-state index in [0.29, 0.717) is 24.7 Å². The molecule has 2 rings (SSSR count). The average Bonchev–Trinajstić information content (AvgIpc) is 2.88. The lowest BCUT2D eigenvalue weighted by Crippen LogP contribution is -2.22. The molecular weight excluding hydrogens is 303 g/mol. The highest BCUT2D eigenvalue weighted by Crippen LogP contribution is 2.24. The second-order valence-electron chi connectivity index (χ2n) is 4.54. The van der Waals surface area contributed by atoms with Gasteiger partial charge in [-0.1, -0.05) is 17.8 Å². The summed E-state index contributed by atoms with van der Waals surface area (Å²) in [6, 6.07) is 6.13. The van der Waals surface area contributed by atoms with Crippen LogP contribution in [0.1, 0.15) is 6.92 Å². The number of nitrogens with zero attached hydrogens (tertiary/aromatic N) is 3. The van der Waals surface area contributed by atoms with Crippen LogP contribution in [0.5, 0.6) is 0 Å². The van der Waals surface area contributed by atoms with Gasteiger partial charge in [0.2, 0.25) is 5.91 Å². The van der Waals surface area contributed by atoms with Crippen molar-refractivity contribution >= 4 is 17.7 Å². The molecule has 1 aromatic heterocycles. The average molecular weight is 320 g/mol. The Hall–Kier alpha value is -2.15. The first-order valence-corrected chi connectivity index (χ1v) is 7.77. The maximum absolute atomic E-state index is 13.0. The molecule has 0 aliphatic heterocycles. The fourth-order valence-electron chi connectivity index (χ4n) is 1.87. The lowest BCUT2D eigenvalue weighted by Gasteiger charge is -2.08. The Morgan fingerprint density at radius 2 is 2.14 bits per heavy atom. The number of carbonyl (C=O) groups is 1. The SMILES string of the molecule is C=CCn1c(SCCNC(C)=O)nnc1-c1ccc(F)cc1. The first kappa shape index (κ1) is 16.2. The summed E-state index contributed by atoms with van der Waals surface area (Å²) in [6.07, 6.45) is 1.76.